The number of H-pyrrole nitrogens is 1. The predicted molar refractivity (Wildman–Crippen MR) is 82.5 cm³/mol. The number of hydrogen-bond donors (Lipinski definition) is 2. The van der Waals surface area contributed by atoms with Crippen molar-refractivity contribution in [3.63, 3.8) is 0 Å². The van der Waals surface area contributed by atoms with Crippen molar-refractivity contribution < 1.29 is 8.42 Å². The van der Waals surface area contributed by atoms with Crippen molar-refractivity contribution >= 4 is 10.0 Å². The Morgan fingerprint density at radius 2 is 2.05 bits per heavy atom. The topological polar surface area (TPSA) is 78.1 Å². The van der Waals surface area contributed by atoms with Gasteiger partial charge in [-0.15, -0.1) is 0 Å². The molecular weight excluding hydrogens is 288 g/mol. The first-order valence-electron chi connectivity index (χ1n) is 7.78. The summed E-state index contributed by atoms with van der Waals surface area (Å²) in [5.74, 6) is 0. The van der Waals surface area contributed by atoms with Crippen LogP contribution in [0.25, 0.3) is 0 Å². The van der Waals surface area contributed by atoms with Gasteiger partial charge in [0.2, 0.25) is 0 Å². The molecule has 0 unspecified atom stereocenters. The molecule has 0 spiro atoms. The molecule has 7 heteroatoms. The number of nitrogens with one attached hydrogen (secondary N) is 2. The maximum absolute atomic E-state index is 12.9. The van der Waals surface area contributed by atoms with E-state index in [1.165, 1.54) is 0 Å². The molecule has 1 aliphatic rings. The maximum Gasteiger partial charge on any atom is 0.262 e. The van der Waals surface area contributed by atoms with Crippen LogP contribution in [0.4, 0.5) is 0 Å². The van der Waals surface area contributed by atoms with Crippen LogP contribution >= 0.6 is 0 Å². The number of sulfonamides is 1. The molecule has 2 N–H and O–H groups in total. The minimum atomic E-state index is -3.50. The van der Waals surface area contributed by atoms with Crippen molar-refractivity contribution in [1.82, 2.24) is 19.8 Å². The average molecular weight is 314 g/mol. The summed E-state index contributed by atoms with van der Waals surface area (Å²) in [6.07, 6.45) is 3.77. The van der Waals surface area contributed by atoms with E-state index in [0.717, 1.165) is 43.5 Å². The summed E-state index contributed by atoms with van der Waals surface area (Å²) >= 11 is 0. The highest BCUT2D eigenvalue weighted by molar-refractivity contribution is 7.89. The van der Waals surface area contributed by atoms with Crippen LogP contribution in [0.3, 0.4) is 0 Å². The summed E-state index contributed by atoms with van der Waals surface area (Å²) in [4.78, 5) is 0. The smallest absolute Gasteiger partial charge is 0.262 e. The zero-order valence-electron chi connectivity index (χ0n) is 13.1. The van der Waals surface area contributed by atoms with E-state index in [4.69, 9.17) is 0 Å². The molecule has 0 aliphatic heterocycles. The highest BCUT2D eigenvalue weighted by Gasteiger charge is 2.39. The van der Waals surface area contributed by atoms with Gasteiger partial charge in [-0.1, -0.05) is 13.8 Å². The van der Waals surface area contributed by atoms with Crippen molar-refractivity contribution in [1.29, 1.82) is 0 Å². The normalized spacial score (nSPS) is 15.8. The quantitative estimate of drug-likeness (QED) is 0.681. The molecule has 1 aromatic heterocycles. The molecule has 1 heterocycles. The van der Waals surface area contributed by atoms with Crippen LogP contribution in [0.1, 0.15) is 50.8 Å². The van der Waals surface area contributed by atoms with E-state index in [1.54, 1.807) is 4.31 Å². The first-order chi connectivity index (χ1) is 10.0. The molecule has 21 heavy (non-hydrogen) atoms. The highest BCUT2D eigenvalue weighted by Crippen LogP contribution is 2.32. The Labute approximate surface area is 127 Å². The van der Waals surface area contributed by atoms with E-state index in [2.05, 4.69) is 22.4 Å². The van der Waals surface area contributed by atoms with E-state index in [-0.39, 0.29) is 11.1 Å². The van der Waals surface area contributed by atoms with E-state index in [1.807, 2.05) is 13.8 Å². The van der Waals surface area contributed by atoms with E-state index in [0.29, 0.717) is 13.1 Å². The number of rotatable bonds is 9. The summed E-state index contributed by atoms with van der Waals surface area (Å²) < 4.78 is 27.4. The molecule has 0 aromatic carbocycles. The van der Waals surface area contributed by atoms with Gasteiger partial charge >= 0.3 is 0 Å². The van der Waals surface area contributed by atoms with Gasteiger partial charge in [0.1, 0.15) is 0 Å². The van der Waals surface area contributed by atoms with Crippen LogP contribution in [0.5, 0.6) is 0 Å². The second-order valence-electron chi connectivity index (χ2n) is 5.66. The van der Waals surface area contributed by atoms with Crippen molar-refractivity contribution in [3.8, 4) is 0 Å². The Morgan fingerprint density at radius 3 is 2.62 bits per heavy atom. The largest absolute Gasteiger partial charge is 0.313 e. The van der Waals surface area contributed by atoms with Gasteiger partial charge in [0.15, 0.2) is 5.03 Å². The monoisotopic (exact) mass is 314 g/mol. The van der Waals surface area contributed by atoms with Crippen LogP contribution in [-0.4, -0.2) is 42.1 Å². The van der Waals surface area contributed by atoms with E-state index < -0.39 is 10.0 Å². The molecule has 0 amide bonds. The SMILES string of the molecule is CCCNCc1c(S(=O)(=O)N(CCC)C2CC2)n[nH]c1C. The lowest BCUT2D eigenvalue weighted by atomic mass is 10.2. The standard InChI is InChI=1S/C14H26N4O2S/c1-4-8-15-10-13-11(3)16-17-14(13)21(19,20)18(9-5-2)12-6-7-12/h12,15H,4-10H2,1-3H3,(H,16,17). The number of hydrogen-bond acceptors (Lipinski definition) is 4. The minimum Gasteiger partial charge on any atom is -0.313 e. The molecule has 1 fully saturated rings. The summed E-state index contributed by atoms with van der Waals surface area (Å²) in [5.41, 5.74) is 1.59. The first-order valence-corrected chi connectivity index (χ1v) is 9.22. The Bertz CT molecular complexity index is 564. The lowest BCUT2D eigenvalue weighted by molar-refractivity contribution is 0.400. The lowest BCUT2D eigenvalue weighted by Crippen LogP contribution is -2.35. The summed E-state index contributed by atoms with van der Waals surface area (Å²) in [5, 5.41) is 10.4. The van der Waals surface area contributed by atoms with Crippen molar-refractivity contribution in [2.24, 2.45) is 0 Å². The van der Waals surface area contributed by atoms with E-state index >= 15 is 0 Å². The first kappa shape index (κ1) is 16.5. The number of aryl methyl sites for hydroxylation is 1. The lowest BCUT2D eigenvalue weighted by Gasteiger charge is -2.20. The van der Waals surface area contributed by atoms with Crippen LogP contribution in [0.15, 0.2) is 5.03 Å². The molecule has 120 valence electrons. The molecule has 0 atom stereocenters. The summed E-state index contributed by atoms with van der Waals surface area (Å²) in [6, 6.07) is 0.170. The van der Waals surface area contributed by atoms with Gasteiger partial charge in [0.25, 0.3) is 10.0 Å². The van der Waals surface area contributed by atoms with Crippen molar-refractivity contribution in [2.75, 3.05) is 13.1 Å². The van der Waals surface area contributed by atoms with Crippen molar-refractivity contribution in [3.05, 3.63) is 11.3 Å². The van der Waals surface area contributed by atoms with Gasteiger partial charge in [-0.05, 0) is 39.2 Å². The zero-order valence-corrected chi connectivity index (χ0v) is 14.0. The molecule has 0 radical (unpaired) electrons. The van der Waals surface area contributed by atoms with Crippen LogP contribution in [-0.2, 0) is 16.6 Å². The fourth-order valence-electron chi connectivity index (χ4n) is 2.43. The molecule has 0 saturated heterocycles. The predicted octanol–water partition coefficient (Wildman–Crippen LogP) is 1.78. The summed E-state index contributed by atoms with van der Waals surface area (Å²) in [7, 11) is -3.50. The van der Waals surface area contributed by atoms with Crippen LogP contribution in [0.2, 0.25) is 0 Å². The number of nitrogens with zero attached hydrogens (tertiary/aromatic N) is 2. The number of aromatic amines is 1. The average Bonchev–Trinajstić information content (AvgIpc) is 3.20. The van der Waals surface area contributed by atoms with Gasteiger partial charge in [-0.3, -0.25) is 5.10 Å². The Balaban J connectivity index is 2.26. The molecule has 1 aromatic rings. The Kier molecular flexibility index (Phi) is 5.40. The highest BCUT2D eigenvalue weighted by atomic mass is 32.2. The molecule has 0 bridgehead atoms. The summed E-state index contributed by atoms with van der Waals surface area (Å²) in [6.45, 7) is 7.94. The Morgan fingerprint density at radius 1 is 1.33 bits per heavy atom. The van der Waals surface area contributed by atoms with Crippen LogP contribution < -0.4 is 5.32 Å². The molecule has 1 aliphatic carbocycles. The molecule has 6 nitrogen and oxygen atoms in total. The third-order valence-electron chi connectivity index (χ3n) is 3.72. The third kappa shape index (κ3) is 3.64. The van der Waals surface area contributed by atoms with Gasteiger partial charge < -0.3 is 5.32 Å². The van der Waals surface area contributed by atoms with Crippen molar-refractivity contribution in [2.45, 2.75) is 64.1 Å². The number of aromatic nitrogens is 2. The molecule has 1 saturated carbocycles. The zero-order chi connectivity index (χ0) is 15.5. The van der Waals surface area contributed by atoms with Gasteiger partial charge in [-0.2, -0.15) is 9.40 Å². The van der Waals surface area contributed by atoms with Gasteiger partial charge in [-0.25, -0.2) is 8.42 Å². The fourth-order valence-corrected chi connectivity index (χ4v) is 4.38. The maximum atomic E-state index is 12.9. The van der Waals surface area contributed by atoms with E-state index in [9.17, 15) is 8.42 Å². The third-order valence-corrected chi connectivity index (χ3v) is 5.64. The minimum absolute atomic E-state index is 0.170. The fraction of sp³-hybridized carbons (Fsp3) is 0.786. The molecular formula is C14H26N4O2S. The molecule has 2 rings (SSSR count). The van der Waals surface area contributed by atoms with Gasteiger partial charge in [0, 0.05) is 30.4 Å². The Hall–Kier alpha value is -0.920. The van der Waals surface area contributed by atoms with Gasteiger partial charge in [0.05, 0.1) is 0 Å². The van der Waals surface area contributed by atoms with Crippen LogP contribution in [0, 0.1) is 6.92 Å². The second kappa shape index (κ2) is 6.89. The second-order valence-corrected chi connectivity index (χ2v) is 7.46.